The predicted octanol–water partition coefficient (Wildman–Crippen LogP) is 0.737. The van der Waals surface area contributed by atoms with E-state index >= 15 is 0 Å². The Kier molecular flexibility index (Phi) is 4.86. The minimum Gasteiger partial charge on any atom is -0.465 e. The molecule has 0 saturated carbocycles. The van der Waals surface area contributed by atoms with E-state index in [1.165, 1.54) is 0 Å². The molecule has 0 aliphatic rings. The molecule has 0 aliphatic heterocycles. The maximum absolute atomic E-state index is 11.0. The van der Waals surface area contributed by atoms with Crippen LogP contribution in [-0.4, -0.2) is 18.6 Å². The fourth-order valence-corrected chi connectivity index (χ4v) is 0.541. The zero-order valence-corrected chi connectivity index (χ0v) is 7.17. The standard InChI is InChI=1S/C8H16NO2/c1-4-5-11-8(10)7(9)6(2)3/h6-7H,1,4-5,9H2,2-3H3/t7-/m1/s1. The molecule has 0 aromatic rings. The fraction of sp³-hybridized carbons (Fsp3) is 0.750. The molecule has 1 radical (unpaired) electrons. The van der Waals surface area contributed by atoms with Crippen LogP contribution < -0.4 is 5.73 Å². The molecule has 0 rings (SSSR count). The van der Waals surface area contributed by atoms with Crippen molar-refractivity contribution in [3.8, 4) is 0 Å². The van der Waals surface area contributed by atoms with E-state index in [-0.39, 0.29) is 11.9 Å². The molecule has 1 atom stereocenters. The molecule has 0 spiro atoms. The van der Waals surface area contributed by atoms with Crippen LogP contribution in [0.15, 0.2) is 0 Å². The Balaban J connectivity index is 3.64. The molecule has 0 heterocycles. The molecule has 0 bridgehead atoms. The molecule has 0 unspecified atom stereocenters. The first-order valence-corrected chi connectivity index (χ1v) is 3.81. The highest BCUT2D eigenvalue weighted by Crippen LogP contribution is 2.00. The molecule has 0 aromatic carbocycles. The molecule has 65 valence electrons. The van der Waals surface area contributed by atoms with E-state index in [9.17, 15) is 4.79 Å². The summed E-state index contributed by atoms with van der Waals surface area (Å²) in [6.45, 7) is 7.67. The quantitative estimate of drug-likeness (QED) is 0.614. The maximum Gasteiger partial charge on any atom is 0.323 e. The largest absolute Gasteiger partial charge is 0.465 e. The Bertz CT molecular complexity index is 123. The van der Waals surface area contributed by atoms with Gasteiger partial charge < -0.3 is 10.5 Å². The molecular weight excluding hydrogens is 142 g/mol. The highest BCUT2D eigenvalue weighted by Gasteiger charge is 2.17. The zero-order valence-electron chi connectivity index (χ0n) is 7.17. The van der Waals surface area contributed by atoms with E-state index in [0.29, 0.717) is 13.0 Å². The SMILES string of the molecule is [CH2]CCOC(=O)[C@H](N)C(C)C. The van der Waals surface area contributed by atoms with Gasteiger partial charge in [0.1, 0.15) is 6.04 Å². The van der Waals surface area contributed by atoms with Gasteiger partial charge in [-0.25, -0.2) is 0 Å². The monoisotopic (exact) mass is 158 g/mol. The minimum atomic E-state index is -0.499. The lowest BCUT2D eigenvalue weighted by Gasteiger charge is -2.13. The van der Waals surface area contributed by atoms with Crippen LogP contribution in [0.25, 0.3) is 0 Å². The van der Waals surface area contributed by atoms with Crippen molar-refractivity contribution in [3.05, 3.63) is 6.92 Å². The van der Waals surface area contributed by atoms with Crippen molar-refractivity contribution >= 4 is 5.97 Å². The van der Waals surface area contributed by atoms with Crippen molar-refractivity contribution < 1.29 is 9.53 Å². The van der Waals surface area contributed by atoms with E-state index in [2.05, 4.69) is 6.92 Å². The summed E-state index contributed by atoms with van der Waals surface area (Å²) in [5.74, 6) is -0.198. The number of hydrogen-bond acceptors (Lipinski definition) is 3. The van der Waals surface area contributed by atoms with E-state index in [4.69, 9.17) is 10.5 Å². The summed E-state index contributed by atoms with van der Waals surface area (Å²) in [4.78, 5) is 11.0. The molecule has 0 saturated heterocycles. The predicted molar refractivity (Wildman–Crippen MR) is 43.7 cm³/mol. The lowest BCUT2D eigenvalue weighted by molar-refractivity contribution is -0.146. The van der Waals surface area contributed by atoms with Crippen molar-refractivity contribution in [1.29, 1.82) is 0 Å². The van der Waals surface area contributed by atoms with E-state index in [1.807, 2.05) is 13.8 Å². The van der Waals surface area contributed by atoms with Crippen LogP contribution in [0.3, 0.4) is 0 Å². The average Bonchev–Trinajstić information content (AvgIpc) is 1.98. The first-order valence-electron chi connectivity index (χ1n) is 3.81. The first kappa shape index (κ1) is 10.4. The van der Waals surface area contributed by atoms with Gasteiger partial charge in [0, 0.05) is 0 Å². The van der Waals surface area contributed by atoms with Crippen LogP contribution in [0.1, 0.15) is 20.3 Å². The van der Waals surface area contributed by atoms with Gasteiger partial charge in [-0.1, -0.05) is 13.8 Å². The number of rotatable bonds is 4. The van der Waals surface area contributed by atoms with E-state index in [0.717, 1.165) is 0 Å². The van der Waals surface area contributed by atoms with Crippen molar-refractivity contribution in [2.24, 2.45) is 11.7 Å². The van der Waals surface area contributed by atoms with Crippen LogP contribution in [0.5, 0.6) is 0 Å². The normalized spacial score (nSPS) is 13.2. The Hall–Kier alpha value is -0.570. The van der Waals surface area contributed by atoms with Crippen molar-refractivity contribution in [1.82, 2.24) is 0 Å². The molecule has 0 amide bonds. The number of hydrogen-bond donors (Lipinski definition) is 1. The van der Waals surface area contributed by atoms with E-state index in [1.54, 1.807) is 0 Å². The topological polar surface area (TPSA) is 52.3 Å². The lowest BCUT2D eigenvalue weighted by atomic mass is 10.1. The molecule has 3 nitrogen and oxygen atoms in total. The highest BCUT2D eigenvalue weighted by atomic mass is 16.5. The van der Waals surface area contributed by atoms with Crippen LogP contribution in [0.4, 0.5) is 0 Å². The molecule has 2 N–H and O–H groups in total. The summed E-state index contributed by atoms with van der Waals surface area (Å²) in [6, 6.07) is -0.499. The van der Waals surface area contributed by atoms with Gasteiger partial charge in [0.05, 0.1) is 6.61 Å². The Morgan fingerprint density at radius 3 is 2.55 bits per heavy atom. The summed E-state index contributed by atoms with van der Waals surface area (Å²) in [5, 5.41) is 0. The maximum atomic E-state index is 11.0. The molecule has 11 heavy (non-hydrogen) atoms. The molecule has 0 aromatic heterocycles. The second-order valence-corrected chi connectivity index (χ2v) is 2.79. The van der Waals surface area contributed by atoms with Gasteiger partial charge >= 0.3 is 5.97 Å². The molecule has 0 aliphatic carbocycles. The van der Waals surface area contributed by atoms with Gasteiger partial charge in [-0.3, -0.25) is 4.79 Å². The van der Waals surface area contributed by atoms with Crippen LogP contribution >= 0.6 is 0 Å². The summed E-state index contributed by atoms with van der Waals surface area (Å²) < 4.78 is 4.79. The van der Waals surface area contributed by atoms with Gasteiger partial charge in [-0.15, -0.1) is 0 Å². The van der Waals surface area contributed by atoms with Crippen LogP contribution in [-0.2, 0) is 9.53 Å². The summed E-state index contributed by atoms with van der Waals surface area (Å²) in [5.41, 5.74) is 5.51. The van der Waals surface area contributed by atoms with Gasteiger partial charge in [0.2, 0.25) is 0 Å². The van der Waals surface area contributed by atoms with Gasteiger partial charge in [-0.2, -0.15) is 0 Å². The summed E-state index contributed by atoms with van der Waals surface area (Å²) in [7, 11) is 0. The Labute approximate surface area is 67.9 Å². The van der Waals surface area contributed by atoms with Crippen LogP contribution in [0, 0.1) is 12.8 Å². The third-order valence-corrected chi connectivity index (χ3v) is 1.38. The second kappa shape index (κ2) is 5.13. The number of carbonyl (C=O) groups excluding carboxylic acids is 1. The lowest BCUT2D eigenvalue weighted by Crippen LogP contribution is -2.37. The fourth-order valence-electron chi connectivity index (χ4n) is 0.541. The highest BCUT2D eigenvalue weighted by molar-refractivity contribution is 5.75. The smallest absolute Gasteiger partial charge is 0.323 e. The number of carbonyl (C=O) groups is 1. The molecule has 3 heteroatoms. The summed E-state index contributed by atoms with van der Waals surface area (Å²) in [6.07, 6.45) is 0.594. The number of nitrogens with two attached hydrogens (primary N) is 1. The van der Waals surface area contributed by atoms with Crippen molar-refractivity contribution in [2.75, 3.05) is 6.61 Å². The Morgan fingerprint density at radius 1 is 1.64 bits per heavy atom. The molecule has 0 fully saturated rings. The van der Waals surface area contributed by atoms with E-state index < -0.39 is 6.04 Å². The average molecular weight is 158 g/mol. The zero-order chi connectivity index (χ0) is 8.85. The van der Waals surface area contributed by atoms with Gasteiger partial charge in [0.15, 0.2) is 0 Å². The van der Waals surface area contributed by atoms with Crippen LogP contribution in [0.2, 0.25) is 0 Å². The van der Waals surface area contributed by atoms with Gasteiger partial charge in [-0.05, 0) is 19.3 Å². The number of ether oxygens (including phenoxy) is 1. The van der Waals surface area contributed by atoms with Crippen molar-refractivity contribution in [3.63, 3.8) is 0 Å². The Morgan fingerprint density at radius 2 is 2.18 bits per heavy atom. The third-order valence-electron chi connectivity index (χ3n) is 1.38. The second-order valence-electron chi connectivity index (χ2n) is 2.79. The van der Waals surface area contributed by atoms with Gasteiger partial charge in [0.25, 0.3) is 0 Å². The first-order chi connectivity index (χ1) is 5.09. The minimum absolute atomic E-state index is 0.132. The molecular formula is C8H16NO2. The van der Waals surface area contributed by atoms with Crippen molar-refractivity contribution in [2.45, 2.75) is 26.3 Å². The number of esters is 1. The third kappa shape index (κ3) is 3.98. The summed E-state index contributed by atoms with van der Waals surface area (Å²) >= 11 is 0.